The number of allylic oxidation sites excluding steroid dienone is 4. The first-order valence-electron chi connectivity index (χ1n) is 7.70. The van der Waals surface area contributed by atoms with E-state index < -0.39 is 0 Å². The van der Waals surface area contributed by atoms with Gasteiger partial charge in [-0.05, 0) is 34.4 Å². The van der Waals surface area contributed by atoms with E-state index in [2.05, 4.69) is 71.1 Å². The Morgan fingerprint density at radius 2 is 1.40 bits per heavy atom. The van der Waals surface area contributed by atoms with Crippen molar-refractivity contribution in [2.45, 2.75) is 52.4 Å². The lowest BCUT2D eigenvalue weighted by molar-refractivity contribution is 0.632. The summed E-state index contributed by atoms with van der Waals surface area (Å²) < 4.78 is 0. The molecule has 0 heterocycles. The molecule has 1 aromatic rings. The molecule has 2 atom stereocenters. The third-order valence-electron chi connectivity index (χ3n) is 4.31. The zero-order valence-corrected chi connectivity index (χ0v) is 13.4. The van der Waals surface area contributed by atoms with Gasteiger partial charge < -0.3 is 5.73 Å². The van der Waals surface area contributed by atoms with Gasteiger partial charge in [0, 0.05) is 11.6 Å². The van der Waals surface area contributed by atoms with E-state index in [1.165, 1.54) is 16.7 Å². The Morgan fingerprint density at radius 3 is 1.85 bits per heavy atom. The average Bonchev–Trinajstić information content (AvgIpc) is 2.39. The largest absolute Gasteiger partial charge is 0.398 e. The fourth-order valence-corrected chi connectivity index (χ4v) is 3.00. The molecule has 1 aromatic carbocycles. The Balaban J connectivity index is 2.54. The van der Waals surface area contributed by atoms with Crippen LogP contribution in [0, 0.1) is 5.92 Å². The average molecular weight is 269 g/mol. The van der Waals surface area contributed by atoms with Crippen LogP contribution in [0.4, 0.5) is 5.69 Å². The van der Waals surface area contributed by atoms with Crippen LogP contribution >= 0.6 is 0 Å². The minimum absolute atomic E-state index is 0.464. The van der Waals surface area contributed by atoms with Gasteiger partial charge in [0.15, 0.2) is 0 Å². The Hall–Kier alpha value is -1.50. The minimum atomic E-state index is 0.464. The van der Waals surface area contributed by atoms with Crippen molar-refractivity contribution in [1.29, 1.82) is 0 Å². The maximum atomic E-state index is 6.39. The Labute approximate surface area is 123 Å². The molecule has 2 unspecified atom stereocenters. The summed E-state index contributed by atoms with van der Waals surface area (Å²) in [5.41, 5.74) is 11.4. The van der Waals surface area contributed by atoms with Crippen molar-refractivity contribution < 1.29 is 0 Å². The van der Waals surface area contributed by atoms with Gasteiger partial charge in [0.25, 0.3) is 0 Å². The molecule has 0 fully saturated rings. The smallest absolute Gasteiger partial charge is 0.0384 e. The van der Waals surface area contributed by atoms with Gasteiger partial charge in [-0.15, -0.1) is 0 Å². The molecule has 0 amide bonds. The van der Waals surface area contributed by atoms with E-state index >= 15 is 0 Å². The topological polar surface area (TPSA) is 26.0 Å². The van der Waals surface area contributed by atoms with Crippen molar-refractivity contribution in [3.05, 3.63) is 53.1 Å². The highest BCUT2D eigenvalue weighted by Gasteiger charge is 2.20. The molecule has 0 spiro atoms. The van der Waals surface area contributed by atoms with Crippen LogP contribution in [0.2, 0.25) is 0 Å². The standard InChI is InChI=1S/C19H27N/c1-12(2)17-10-15(11-18(13(3)4)19(17)20)16-9-7-6-8-14(16)5/h6-14,16H,20H2,1-5H3. The van der Waals surface area contributed by atoms with Crippen LogP contribution in [-0.4, -0.2) is 0 Å². The summed E-state index contributed by atoms with van der Waals surface area (Å²) in [5, 5.41) is 0. The van der Waals surface area contributed by atoms with Crippen molar-refractivity contribution in [2.75, 3.05) is 5.73 Å². The first kappa shape index (κ1) is 14.9. The highest BCUT2D eigenvalue weighted by molar-refractivity contribution is 5.59. The third kappa shape index (κ3) is 2.82. The maximum Gasteiger partial charge on any atom is 0.0384 e. The molecule has 0 saturated carbocycles. The fourth-order valence-electron chi connectivity index (χ4n) is 3.00. The van der Waals surface area contributed by atoms with E-state index in [4.69, 9.17) is 5.73 Å². The van der Waals surface area contributed by atoms with Crippen molar-refractivity contribution in [2.24, 2.45) is 5.92 Å². The first-order valence-corrected chi connectivity index (χ1v) is 7.70. The van der Waals surface area contributed by atoms with Crippen LogP contribution in [-0.2, 0) is 0 Å². The monoisotopic (exact) mass is 269 g/mol. The SMILES string of the molecule is CC(C)c1cc(C2C=CC=CC2C)cc(C(C)C)c1N. The van der Waals surface area contributed by atoms with Crippen molar-refractivity contribution in [3.63, 3.8) is 0 Å². The second kappa shape index (κ2) is 5.87. The summed E-state index contributed by atoms with van der Waals surface area (Å²) >= 11 is 0. The Morgan fingerprint density at radius 1 is 0.900 bits per heavy atom. The first-order chi connectivity index (χ1) is 9.41. The quantitative estimate of drug-likeness (QED) is 0.734. The summed E-state index contributed by atoms with van der Waals surface area (Å²) in [4.78, 5) is 0. The highest BCUT2D eigenvalue weighted by Crippen LogP contribution is 2.37. The number of hydrogen-bond acceptors (Lipinski definition) is 1. The van der Waals surface area contributed by atoms with Crippen LogP contribution in [0.1, 0.15) is 69.1 Å². The fraction of sp³-hybridized carbons (Fsp3) is 0.474. The van der Waals surface area contributed by atoms with Gasteiger partial charge in [-0.1, -0.05) is 71.1 Å². The molecule has 2 N–H and O–H groups in total. The number of hydrogen-bond donors (Lipinski definition) is 1. The molecular weight excluding hydrogens is 242 g/mol. The molecular formula is C19H27N. The minimum Gasteiger partial charge on any atom is -0.398 e. The van der Waals surface area contributed by atoms with Gasteiger partial charge in [-0.3, -0.25) is 0 Å². The zero-order valence-electron chi connectivity index (χ0n) is 13.4. The molecule has 0 aromatic heterocycles. The Kier molecular flexibility index (Phi) is 4.37. The van der Waals surface area contributed by atoms with Crippen LogP contribution in [0.3, 0.4) is 0 Å². The van der Waals surface area contributed by atoms with Gasteiger partial charge in [0.1, 0.15) is 0 Å². The van der Waals surface area contributed by atoms with E-state index in [-0.39, 0.29) is 0 Å². The molecule has 0 bridgehead atoms. The van der Waals surface area contributed by atoms with E-state index in [0.717, 1.165) is 5.69 Å². The van der Waals surface area contributed by atoms with Crippen LogP contribution in [0.25, 0.3) is 0 Å². The predicted molar refractivity (Wildman–Crippen MR) is 89.2 cm³/mol. The van der Waals surface area contributed by atoms with Crippen molar-refractivity contribution in [1.82, 2.24) is 0 Å². The second-order valence-corrected chi connectivity index (χ2v) is 6.58. The summed E-state index contributed by atoms with van der Waals surface area (Å²) in [7, 11) is 0. The van der Waals surface area contributed by atoms with Crippen molar-refractivity contribution in [3.8, 4) is 0 Å². The van der Waals surface area contributed by atoms with Crippen LogP contribution in [0.15, 0.2) is 36.4 Å². The number of nitrogen functional groups attached to an aromatic ring is 1. The lowest BCUT2D eigenvalue weighted by atomic mass is 9.80. The summed E-state index contributed by atoms with van der Waals surface area (Å²) in [6.45, 7) is 11.2. The van der Waals surface area contributed by atoms with Crippen molar-refractivity contribution >= 4 is 5.69 Å². The molecule has 1 aliphatic carbocycles. The lowest BCUT2D eigenvalue weighted by Gasteiger charge is -2.25. The second-order valence-electron chi connectivity index (χ2n) is 6.58. The molecule has 0 saturated heterocycles. The lowest BCUT2D eigenvalue weighted by Crippen LogP contribution is -2.11. The van der Waals surface area contributed by atoms with Gasteiger partial charge in [-0.2, -0.15) is 0 Å². The zero-order chi connectivity index (χ0) is 14.9. The molecule has 2 rings (SSSR count). The summed E-state index contributed by atoms with van der Waals surface area (Å²) in [5.74, 6) is 1.94. The molecule has 108 valence electrons. The number of nitrogens with two attached hydrogens (primary N) is 1. The molecule has 20 heavy (non-hydrogen) atoms. The summed E-state index contributed by atoms with van der Waals surface area (Å²) in [6, 6.07) is 4.63. The third-order valence-corrected chi connectivity index (χ3v) is 4.31. The summed E-state index contributed by atoms with van der Waals surface area (Å²) in [6.07, 6.45) is 8.89. The number of rotatable bonds is 3. The highest BCUT2D eigenvalue weighted by atomic mass is 14.6. The molecule has 0 radical (unpaired) electrons. The maximum absolute atomic E-state index is 6.39. The van der Waals surface area contributed by atoms with Crippen LogP contribution in [0.5, 0.6) is 0 Å². The predicted octanol–water partition coefficient (Wildman–Crippen LogP) is 5.36. The molecule has 0 aliphatic heterocycles. The number of benzene rings is 1. The van der Waals surface area contributed by atoms with E-state index in [1.54, 1.807) is 0 Å². The van der Waals surface area contributed by atoms with Crippen LogP contribution < -0.4 is 5.73 Å². The van der Waals surface area contributed by atoms with E-state index in [1.807, 2.05) is 0 Å². The van der Waals surface area contributed by atoms with Gasteiger partial charge in [0.05, 0.1) is 0 Å². The number of anilines is 1. The molecule has 1 nitrogen and oxygen atoms in total. The van der Waals surface area contributed by atoms with Gasteiger partial charge >= 0.3 is 0 Å². The normalized spacial score (nSPS) is 21.9. The van der Waals surface area contributed by atoms with Gasteiger partial charge in [0.2, 0.25) is 0 Å². The molecule has 1 aliphatic rings. The van der Waals surface area contributed by atoms with E-state index in [0.29, 0.717) is 23.7 Å². The van der Waals surface area contributed by atoms with Gasteiger partial charge in [-0.25, -0.2) is 0 Å². The Bertz CT molecular complexity index is 506. The van der Waals surface area contributed by atoms with E-state index in [9.17, 15) is 0 Å². The molecule has 1 heteroatoms.